The SMILES string of the molecule is CC[C@@H]1CSC2=N[C@H](c3ccccn3)[C@H](c3cccn3-c3ccccc3F)N21. The van der Waals surface area contributed by atoms with E-state index >= 15 is 0 Å². The molecule has 1 fully saturated rings. The zero-order valence-corrected chi connectivity index (χ0v) is 16.4. The summed E-state index contributed by atoms with van der Waals surface area (Å²) in [5.74, 6) is 0.817. The van der Waals surface area contributed by atoms with Gasteiger partial charge in [0.15, 0.2) is 5.17 Å². The van der Waals surface area contributed by atoms with Crippen molar-refractivity contribution >= 4 is 16.9 Å². The highest BCUT2D eigenvalue weighted by molar-refractivity contribution is 8.14. The van der Waals surface area contributed by atoms with Crippen molar-refractivity contribution in [3.05, 3.63) is 84.2 Å². The van der Waals surface area contributed by atoms with Gasteiger partial charge in [0, 0.05) is 29.9 Å². The number of nitrogens with zero attached hydrogens (tertiary/aromatic N) is 4. The number of hydrogen-bond donors (Lipinski definition) is 0. The maximum absolute atomic E-state index is 14.6. The summed E-state index contributed by atoms with van der Waals surface area (Å²) in [6.07, 6.45) is 4.81. The molecular formula is C22H21FN4S. The van der Waals surface area contributed by atoms with E-state index in [1.165, 1.54) is 6.07 Å². The quantitative estimate of drug-likeness (QED) is 0.627. The molecule has 142 valence electrons. The Bertz CT molecular complexity index is 1020. The molecule has 0 unspecified atom stereocenters. The van der Waals surface area contributed by atoms with Gasteiger partial charge in [-0.15, -0.1) is 0 Å². The van der Waals surface area contributed by atoms with E-state index in [1.54, 1.807) is 6.07 Å². The minimum Gasteiger partial charge on any atom is -0.337 e. The Labute approximate surface area is 168 Å². The summed E-state index contributed by atoms with van der Waals surface area (Å²) in [6, 6.07) is 17.3. The highest BCUT2D eigenvalue weighted by Gasteiger charge is 2.46. The number of aromatic nitrogens is 2. The zero-order chi connectivity index (χ0) is 19.1. The van der Waals surface area contributed by atoms with Gasteiger partial charge in [0.05, 0.1) is 11.4 Å². The van der Waals surface area contributed by atoms with Gasteiger partial charge in [0.2, 0.25) is 0 Å². The number of para-hydroxylation sites is 1. The van der Waals surface area contributed by atoms with Crippen LogP contribution in [0.25, 0.3) is 5.69 Å². The lowest BCUT2D eigenvalue weighted by Gasteiger charge is -2.32. The highest BCUT2D eigenvalue weighted by Crippen LogP contribution is 2.48. The zero-order valence-electron chi connectivity index (χ0n) is 15.6. The van der Waals surface area contributed by atoms with Crippen LogP contribution >= 0.6 is 11.8 Å². The third kappa shape index (κ3) is 2.75. The van der Waals surface area contributed by atoms with E-state index in [2.05, 4.69) is 22.9 Å². The van der Waals surface area contributed by atoms with Gasteiger partial charge in [-0.1, -0.05) is 36.9 Å². The smallest absolute Gasteiger partial charge is 0.160 e. The third-order valence-electron chi connectivity index (χ3n) is 5.52. The second kappa shape index (κ2) is 7.09. The average Bonchev–Trinajstić information content (AvgIpc) is 3.43. The Morgan fingerprint density at radius 2 is 1.96 bits per heavy atom. The second-order valence-corrected chi connectivity index (χ2v) is 8.08. The molecule has 1 saturated heterocycles. The van der Waals surface area contributed by atoms with Crippen molar-refractivity contribution in [1.82, 2.24) is 14.5 Å². The molecule has 1 aromatic carbocycles. The number of aliphatic imine (C=N–C) groups is 1. The number of rotatable bonds is 4. The van der Waals surface area contributed by atoms with Crippen LogP contribution in [0.5, 0.6) is 0 Å². The van der Waals surface area contributed by atoms with Crippen LogP contribution in [0.15, 0.2) is 72.0 Å². The fourth-order valence-corrected chi connectivity index (χ4v) is 5.51. The minimum atomic E-state index is -0.226. The van der Waals surface area contributed by atoms with Crippen molar-refractivity contribution in [2.45, 2.75) is 31.5 Å². The Balaban J connectivity index is 1.65. The topological polar surface area (TPSA) is 33.4 Å². The van der Waals surface area contributed by atoms with Crippen molar-refractivity contribution in [1.29, 1.82) is 0 Å². The molecule has 6 heteroatoms. The van der Waals surface area contributed by atoms with Crippen LogP contribution in [0.4, 0.5) is 4.39 Å². The summed E-state index contributed by atoms with van der Waals surface area (Å²) in [5.41, 5.74) is 2.56. The first-order valence-corrected chi connectivity index (χ1v) is 10.6. The summed E-state index contributed by atoms with van der Waals surface area (Å²) < 4.78 is 16.5. The molecule has 0 aliphatic carbocycles. The number of hydrogen-bond acceptors (Lipinski definition) is 4. The standard InChI is InChI=1S/C22H21FN4S/c1-2-15-14-28-22-25-20(17-9-5-6-12-24-17)21(27(15)22)19-11-7-13-26(19)18-10-4-3-8-16(18)23/h3-13,15,20-21H,2,14H2,1H3/t15-,20-,21+/m1/s1. The van der Waals surface area contributed by atoms with Gasteiger partial charge in [-0.2, -0.15) is 0 Å². The van der Waals surface area contributed by atoms with Gasteiger partial charge in [0.1, 0.15) is 17.9 Å². The summed E-state index contributed by atoms with van der Waals surface area (Å²) in [7, 11) is 0. The number of pyridine rings is 1. The average molecular weight is 393 g/mol. The maximum atomic E-state index is 14.6. The fourth-order valence-electron chi connectivity index (χ4n) is 4.17. The number of amidine groups is 1. The predicted octanol–water partition coefficient (Wildman–Crippen LogP) is 4.99. The van der Waals surface area contributed by atoms with E-state index in [0.29, 0.717) is 11.7 Å². The summed E-state index contributed by atoms with van der Waals surface area (Å²) in [5, 5.41) is 1.08. The van der Waals surface area contributed by atoms with E-state index in [9.17, 15) is 4.39 Å². The lowest BCUT2D eigenvalue weighted by molar-refractivity contribution is 0.248. The maximum Gasteiger partial charge on any atom is 0.160 e. The summed E-state index contributed by atoms with van der Waals surface area (Å²) in [6.45, 7) is 2.22. The van der Waals surface area contributed by atoms with E-state index < -0.39 is 0 Å². The largest absolute Gasteiger partial charge is 0.337 e. The molecule has 0 spiro atoms. The van der Waals surface area contributed by atoms with Gasteiger partial charge in [-0.3, -0.25) is 9.98 Å². The first-order valence-electron chi connectivity index (χ1n) is 9.60. The normalized spacial score (nSPS) is 23.7. The molecule has 0 radical (unpaired) electrons. The van der Waals surface area contributed by atoms with Gasteiger partial charge in [0.25, 0.3) is 0 Å². The Morgan fingerprint density at radius 3 is 2.75 bits per heavy atom. The van der Waals surface area contributed by atoms with Crippen LogP contribution in [0.2, 0.25) is 0 Å². The molecule has 2 aromatic heterocycles. The van der Waals surface area contributed by atoms with Crippen LogP contribution < -0.4 is 0 Å². The van der Waals surface area contributed by atoms with Crippen LogP contribution in [0, 0.1) is 5.82 Å². The van der Waals surface area contributed by atoms with Gasteiger partial charge >= 0.3 is 0 Å². The molecule has 4 heterocycles. The van der Waals surface area contributed by atoms with Crippen LogP contribution in [0.1, 0.15) is 36.8 Å². The molecule has 0 amide bonds. The molecule has 0 N–H and O–H groups in total. The Morgan fingerprint density at radius 1 is 1.11 bits per heavy atom. The number of fused-ring (bicyclic) bond motifs is 1. The summed E-state index contributed by atoms with van der Waals surface area (Å²) >= 11 is 1.81. The lowest BCUT2D eigenvalue weighted by atomic mass is 9.99. The summed E-state index contributed by atoms with van der Waals surface area (Å²) in [4.78, 5) is 12.1. The van der Waals surface area contributed by atoms with E-state index in [0.717, 1.165) is 28.7 Å². The van der Waals surface area contributed by atoms with Crippen LogP contribution in [0.3, 0.4) is 0 Å². The van der Waals surface area contributed by atoms with Gasteiger partial charge < -0.3 is 9.47 Å². The first-order chi connectivity index (χ1) is 13.8. The lowest BCUT2D eigenvalue weighted by Crippen LogP contribution is -2.36. The first kappa shape index (κ1) is 17.5. The molecule has 3 atom stereocenters. The number of halogens is 1. The van der Waals surface area contributed by atoms with E-state index in [4.69, 9.17) is 4.99 Å². The molecule has 4 nitrogen and oxygen atoms in total. The minimum absolute atomic E-state index is 0.000504. The molecule has 2 aliphatic heterocycles. The molecule has 3 aromatic rings. The van der Waals surface area contributed by atoms with Gasteiger partial charge in [-0.25, -0.2) is 4.39 Å². The highest BCUT2D eigenvalue weighted by atomic mass is 32.2. The Kier molecular flexibility index (Phi) is 4.43. The monoisotopic (exact) mass is 392 g/mol. The molecule has 2 aliphatic rings. The van der Waals surface area contributed by atoms with Crippen molar-refractivity contribution < 1.29 is 4.39 Å². The van der Waals surface area contributed by atoms with Crippen molar-refractivity contribution in [3.63, 3.8) is 0 Å². The van der Waals surface area contributed by atoms with Crippen molar-refractivity contribution in [2.75, 3.05) is 5.75 Å². The fraction of sp³-hybridized carbons (Fsp3) is 0.273. The third-order valence-corrected chi connectivity index (χ3v) is 6.65. The van der Waals surface area contributed by atoms with E-state index in [1.807, 2.05) is 65.1 Å². The van der Waals surface area contributed by atoms with Crippen molar-refractivity contribution in [3.8, 4) is 5.69 Å². The molecule has 28 heavy (non-hydrogen) atoms. The molecule has 5 rings (SSSR count). The molecule has 0 bridgehead atoms. The predicted molar refractivity (Wildman–Crippen MR) is 111 cm³/mol. The molecule has 0 saturated carbocycles. The van der Waals surface area contributed by atoms with Crippen LogP contribution in [-0.2, 0) is 0 Å². The number of thioether (sulfide) groups is 1. The number of benzene rings is 1. The van der Waals surface area contributed by atoms with Crippen molar-refractivity contribution in [2.24, 2.45) is 4.99 Å². The van der Waals surface area contributed by atoms with E-state index in [-0.39, 0.29) is 17.9 Å². The van der Waals surface area contributed by atoms with Crippen LogP contribution in [-0.4, -0.2) is 31.4 Å². The van der Waals surface area contributed by atoms with Gasteiger partial charge in [-0.05, 0) is 42.8 Å². The molecular weight excluding hydrogens is 371 g/mol. The second-order valence-electron chi connectivity index (χ2n) is 7.09. The Hall–Kier alpha value is -2.60.